The molecule has 0 aromatic heterocycles. The van der Waals surface area contributed by atoms with Crippen LogP contribution in [-0.2, 0) is 53.0 Å². The number of hydrogen-bond donors (Lipinski definition) is 0. The predicted molar refractivity (Wildman–Crippen MR) is 11.6 cm³/mol. The number of rotatable bonds is 0. The third kappa shape index (κ3) is 264. The van der Waals surface area contributed by atoms with Gasteiger partial charge in [0, 0.05) is 0 Å². The van der Waals surface area contributed by atoms with Gasteiger partial charge >= 0.3 is 53.0 Å². The van der Waals surface area contributed by atoms with Crippen LogP contribution in [0.4, 0.5) is 0 Å². The zero-order chi connectivity index (χ0) is 0. The molecule has 0 aliphatic heterocycles. The van der Waals surface area contributed by atoms with E-state index in [1.165, 1.54) is 0 Å². The molecule has 6 nitrogen and oxygen atoms in total. The van der Waals surface area contributed by atoms with Gasteiger partial charge in [0.15, 0.2) is 0 Å². The molecule has 9 heteroatoms. The molecular formula is H6FeNiO6Zn. The standard InChI is InChI=1S/Fe.Ni.6H2O.Zn/h;;6*1H2;/q2*+2;;;;;;;+2/p-6. The van der Waals surface area contributed by atoms with E-state index in [2.05, 4.69) is 0 Å². The first-order chi connectivity index (χ1) is 0. The largest absolute Gasteiger partial charge is 2.00 e. The average molecular weight is 282 g/mol. The third-order valence-electron chi connectivity index (χ3n) is 0. The number of hydrogen-bond acceptors (Lipinski definition) is 6. The maximum atomic E-state index is 0. The van der Waals surface area contributed by atoms with Crippen molar-refractivity contribution in [3.63, 3.8) is 0 Å². The van der Waals surface area contributed by atoms with E-state index < -0.39 is 0 Å². The van der Waals surface area contributed by atoms with Crippen molar-refractivity contribution in [3.8, 4) is 0 Å². The summed E-state index contributed by atoms with van der Waals surface area (Å²) in [6, 6.07) is 0. The Bertz CT molecular complexity index is 13.0. The molecule has 0 atom stereocenters. The molecule has 0 spiro atoms. The summed E-state index contributed by atoms with van der Waals surface area (Å²) in [6.45, 7) is 0. The first-order valence-electron chi connectivity index (χ1n) is 0. The van der Waals surface area contributed by atoms with Crippen molar-refractivity contribution >= 4 is 0 Å². The topological polar surface area (TPSA) is 180 Å². The molecule has 0 rings (SSSR count). The molecule has 0 saturated carbocycles. The quantitative estimate of drug-likeness (QED) is 0.509. The molecule has 0 amide bonds. The van der Waals surface area contributed by atoms with Gasteiger partial charge < -0.3 is 32.9 Å². The summed E-state index contributed by atoms with van der Waals surface area (Å²) in [5.74, 6) is 0. The van der Waals surface area contributed by atoms with E-state index in [0.29, 0.717) is 0 Å². The van der Waals surface area contributed by atoms with E-state index in [1.807, 2.05) is 0 Å². The van der Waals surface area contributed by atoms with Crippen LogP contribution < -0.4 is 0 Å². The second-order valence-corrected chi connectivity index (χ2v) is 0. The Morgan fingerprint density at radius 2 is 0.444 bits per heavy atom. The summed E-state index contributed by atoms with van der Waals surface area (Å²) < 4.78 is 0. The normalized spacial score (nSPS) is 0. The van der Waals surface area contributed by atoms with Crippen LogP contribution in [0.25, 0.3) is 0 Å². The maximum Gasteiger partial charge on any atom is 2.00 e. The van der Waals surface area contributed by atoms with Crippen LogP contribution >= 0.6 is 0 Å². The van der Waals surface area contributed by atoms with Crippen LogP contribution in [0.3, 0.4) is 0 Å². The van der Waals surface area contributed by atoms with E-state index in [9.17, 15) is 0 Å². The van der Waals surface area contributed by atoms with E-state index in [0.717, 1.165) is 0 Å². The van der Waals surface area contributed by atoms with E-state index in [4.69, 9.17) is 0 Å². The SMILES string of the molecule is [Fe+2].[Ni+2].[OH-].[OH-].[OH-].[OH-].[OH-].[OH-].[Zn+2]. The Morgan fingerprint density at radius 3 is 0.444 bits per heavy atom. The van der Waals surface area contributed by atoms with Gasteiger partial charge in [-0.15, -0.1) is 0 Å². The Morgan fingerprint density at radius 1 is 0.444 bits per heavy atom. The summed E-state index contributed by atoms with van der Waals surface area (Å²) in [5, 5.41) is 0. The molecule has 0 aliphatic carbocycles. The van der Waals surface area contributed by atoms with Crippen LogP contribution in [-0.4, -0.2) is 32.9 Å². The van der Waals surface area contributed by atoms with E-state index >= 15 is 0 Å². The van der Waals surface area contributed by atoms with Crippen LogP contribution in [0.1, 0.15) is 0 Å². The monoisotopic (exact) mass is 280 g/mol. The van der Waals surface area contributed by atoms with Gasteiger partial charge in [-0.05, 0) is 0 Å². The Labute approximate surface area is 85.8 Å². The Hall–Kier alpha value is 1.40. The summed E-state index contributed by atoms with van der Waals surface area (Å²) in [7, 11) is 0. The minimum Gasteiger partial charge on any atom is -0.870 e. The van der Waals surface area contributed by atoms with Crippen molar-refractivity contribution in [1.29, 1.82) is 0 Å². The third-order valence-corrected chi connectivity index (χ3v) is 0. The van der Waals surface area contributed by atoms with Gasteiger partial charge in [0.25, 0.3) is 0 Å². The van der Waals surface area contributed by atoms with Gasteiger partial charge in [0.1, 0.15) is 0 Å². The zero-order valence-corrected chi connectivity index (χ0v) is 9.12. The molecule has 0 heterocycles. The second-order valence-electron chi connectivity index (χ2n) is 0. The van der Waals surface area contributed by atoms with Crippen molar-refractivity contribution in [3.05, 3.63) is 0 Å². The fourth-order valence-corrected chi connectivity index (χ4v) is 0. The zero-order valence-electron chi connectivity index (χ0n) is 4.06. The van der Waals surface area contributed by atoms with Crippen molar-refractivity contribution < 1.29 is 85.9 Å². The van der Waals surface area contributed by atoms with Gasteiger partial charge in [-0.2, -0.15) is 0 Å². The van der Waals surface area contributed by atoms with Crippen molar-refractivity contribution in [2.45, 2.75) is 0 Å². The minimum atomic E-state index is 0. The summed E-state index contributed by atoms with van der Waals surface area (Å²) in [4.78, 5) is 0. The maximum absolute atomic E-state index is 0. The summed E-state index contributed by atoms with van der Waals surface area (Å²) in [5.41, 5.74) is 0. The van der Waals surface area contributed by atoms with E-state index in [1.54, 1.807) is 0 Å². The van der Waals surface area contributed by atoms with Crippen molar-refractivity contribution in [1.82, 2.24) is 0 Å². The predicted octanol–water partition coefficient (Wildman–Crippen LogP) is -1.07. The van der Waals surface area contributed by atoms with Gasteiger partial charge in [0.2, 0.25) is 0 Å². The first-order valence-corrected chi connectivity index (χ1v) is 0. The molecule has 0 unspecified atom stereocenters. The molecular weight excluding hydrogens is 276 g/mol. The fraction of sp³-hybridized carbons (Fsp3) is 0. The fourth-order valence-electron chi connectivity index (χ4n) is 0. The van der Waals surface area contributed by atoms with Crippen molar-refractivity contribution in [2.75, 3.05) is 0 Å². The molecule has 0 aromatic rings. The smallest absolute Gasteiger partial charge is 0.870 e. The molecule has 62 valence electrons. The molecule has 0 aliphatic rings. The molecule has 0 aromatic carbocycles. The molecule has 6 N–H and O–H groups in total. The van der Waals surface area contributed by atoms with Crippen LogP contribution in [0, 0.1) is 0 Å². The van der Waals surface area contributed by atoms with Gasteiger partial charge in [0.05, 0.1) is 0 Å². The summed E-state index contributed by atoms with van der Waals surface area (Å²) in [6.07, 6.45) is 0. The van der Waals surface area contributed by atoms with Gasteiger partial charge in [-0.25, -0.2) is 0 Å². The molecule has 0 bridgehead atoms. The van der Waals surface area contributed by atoms with Crippen LogP contribution in [0.15, 0.2) is 0 Å². The second kappa shape index (κ2) is 340. The molecule has 0 saturated heterocycles. The van der Waals surface area contributed by atoms with Gasteiger partial charge in [-0.3, -0.25) is 0 Å². The first kappa shape index (κ1) is 471. The van der Waals surface area contributed by atoms with E-state index in [-0.39, 0.29) is 85.9 Å². The molecule has 0 fully saturated rings. The van der Waals surface area contributed by atoms with Crippen LogP contribution in [0.2, 0.25) is 0 Å². The minimum absolute atomic E-state index is 0. The Balaban J connectivity index is 0. The Kier molecular flexibility index (Phi) is 17800. The summed E-state index contributed by atoms with van der Waals surface area (Å²) >= 11 is 0. The van der Waals surface area contributed by atoms with Gasteiger partial charge in [-0.1, -0.05) is 0 Å². The molecule has 0 radical (unpaired) electrons. The van der Waals surface area contributed by atoms with Crippen molar-refractivity contribution in [2.24, 2.45) is 0 Å². The molecule has 9 heavy (non-hydrogen) atoms. The average Bonchev–Trinajstić information content (AvgIpc) is 0. The van der Waals surface area contributed by atoms with Crippen LogP contribution in [0.5, 0.6) is 0 Å².